The fourth-order valence-electron chi connectivity index (χ4n) is 3.55. The molecule has 0 radical (unpaired) electrons. The van der Waals surface area contributed by atoms with Crippen LogP contribution in [-0.2, 0) is 11.3 Å². The van der Waals surface area contributed by atoms with Crippen LogP contribution in [0.3, 0.4) is 0 Å². The zero-order chi connectivity index (χ0) is 23.0. The highest BCUT2D eigenvalue weighted by atomic mass is 127. The molecule has 0 unspecified atom stereocenters. The van der Waals surface area contributed by atoms with Gasteiger partial charge in [0.15, 0.2) is 0 Å². The monoisotopic (exact) mass is 653 g/mol. The molecule has 8 heteroatoms. The molecule has 31 heavy (non-hydrogen) atoms. The molecular formula is C23H33I2N3O3. The molecule has 0 spiro atoms. The molecule has 1 aliphatic rings. The maximum Gasteiger partial charge on any atom is 0.408 e. The van der Waals surface area contributed by atoms with Crippen LogP contribution in [0.5, 0.6) is 5.75 Å². The van der Waals surface area contributed by atoms with Gasteiger partial charge in [0.2, 0.25) is 0 Å². The molecule has 6 nitrogen and oxygen atoms in total. The van der Waals surface area contributed by atoms with Crippen molar-refractivity contribution < 1.29 is 14.6 Å². The fourth-order valence-corrected chi connectivity index (χ4v) is 5.27. The number of hydrogen-bond donors (Lipinski definition) is 2. The number of ether oxygens (including phenoxy) is 1. The molecule has 2 N–H and O–H groups in total. The molecule has 0 bridgehead atoms. The number of alkyl halides is 1. The summed E-state index contributed by atoms with van der Waals surface area (Å²) >= 11 is 4.59. The molecule has 2 rings (SSSR count). The number of likely N-dealkylation sites (tertiary alicyclic amines) is 1. The van der Waals surface area contributed by atoms with Crippen molar-refractivity contribution in [1.29, 1.82) is 0 Å². The molecule has 1 saturated heterocycles. The van der Waals surface area contributed by atoms with Gasteiger partial charge in [-0.15, -0.1) is 0 Å². The van der Waals surface area contributed by atoms with E-state index >= 15 is 0 Å². The van der Waals surface area contributed by atoms with Gasteiger partial charge in [0.25, 0.3) is 0 Å². The van der Waals surface area contributed by atoms with Gasteiger partial charge in [-0.2, -0.15) is 0 Å². The number of phenolic OH excluding ortho intramolecular Hbond substituents is 1. The lowest BCUT2D eigenvalue weighted by Crippen LogP contribution is -2.44. The zero-order valence-electron chi connectivity index (χ0n) is 18.8. The van der Waals surface area contributed by atoms with E-state index in [1.807, 2.05) is 32.9 Å². The van der Waals surface area contributed by atoms with Gasteiger partial charge in [-0.1, -0.05) is 41.4 Å². The molecule has 1 aliphatic heterocycles. The lowest BCUT2D eigenvalue weighted by molar-refractivity contribution is 0.0535. The quantitative estimate of drug-likeness (QED) is 0.204. The van der Waals surface area contributed by atoms with E-state index in [2.05, 4.69) is 79.1 Å². The summed E-state index contributed by atoms with van der Waals surface area (Å²) in [5, 5.41) is 13.2. The Bertz CT molecular complexity index is 803. The van der Waals surface area contributed by atoms with Crippen LogP contribution in [0.25, 0.3) is 0 Å². The Balaban J connectivity index is 1.96. The van der Waals surface area contributed by atoms with E-state index in [-0.39, 0.29) is 6.54 Å². The number of alkyl carbamates (subject to hydrolysis) is 1. The Morgan fingerprint density at radius 3 is 2.61 bits per heavy atom. The standard InChI is InChI=1S/C23H33I2N3O3/c1-5-28(16-24)19-8-11-27(12-9-19)15-18-13-17(14-20(25)21(18)29)7-6-10-26-22(30)31-23(2,3)4/h13-14,19,29H,5,8-12,15-16H2,1-4H3,(H,26,30). The maximum atomic E-state index is 11.7. The molecule has 0 aliphatic carbocycles. The number of carbonyl (C=O) groups excluding carboxylic acids is 1. The number of hydrogen-bond acceptors (Lipinski definition) is 5. The van der Waals surface area contributed by atoms with Crippen LogP contribution in [0.2, 0.25) is 0 Å². The third-order valence-electron chi connectivity index (χ3n) is 5.12. The largest absolute Gasteiger partial charge is 0.507 e. The number of halogens is 2. The zero-order valence-corrected chi connectivity index (χ0v) is 23.1. The summed E-state index contributed by atoms with van der Waals surface area (Å²) in [5.74, 6) is 6.38. The number of nitrogens with zero attached hydrogens (tertiary/aromatic N) is 2. The van der Waals surface area contributed by atoms with Crippen molar-refractivity contribution >= 4 is 51.3 Å². The van der Waals surface area contributed by atoms with Crippen LogP contribution in [0.4, 0.5) is 4.79 Å². The van der Waals surface area contributed by atoms with Crippen LogP contribution in [0, 0.1) is 15.4 Å². The molecule has 1 aromatic carbocycles. The van der Waals surface area contributed by atoms with Crippen molar-refractivity contribution in [2.75, 3.05) is 30.7 Å². The van der Waals surface area contributed by atoms with Gasteiger partial charge in [-0.25, -0.2) is 4.79 Å². The maximum absolute atomic E-state index is 11.7. The number of benzene rings is 1. The van der Waals surface area contributed by atoms with Gasteiger partial charge in [0.1, 0.15) is 11.4 Å². The minimum Gasteiger partial charge on any atom is -0.507 e. The highest BCUT2D eigenvalue weighted by Crippen LogP contribution is 2.28. The molecule has 1 amide bonds. The number of piperidine rings is 1. The summed E-state index contributed by atoms with van der Waals surface area (Å²) in [4.78, 5) is 16.6. The molecular weight excluding hydrogens is 620 g/mol. The van der Waals surface area contributed by atoms with Crippen LogP contribution >= 0.6 is 45.2 Å². The minimum atomic E-state index is -0.529. The van der Waals surface area contributed by atoms with E-state index < -0.39 is 11.7 Å². The predicted molar refractivity (Wildman–Crippen MR) is 142 cm³/mol. The average molecular weight is 653 g/mol. The van der Waals surface area contributed by atoms with Crippen LogP contribution in [0.1, 0.15) is 51.7 Å². The van der Waals surface area contributed by atoms with E-state index in [0.717, 1.165) is 58.3 Å². The summed E-state index contributed by atoms with van der Waals surface area (Å²) in [5.41, 5.74) is 1.20. The highest BCUT2D eigenvalue weighted by Gasteiger charge is 2.24. The number of rotatable bonds is 6. The number of carbonyl (C=O) groups is 1. The fraction of sp³-hybridized carbons (Fsp3) is 0.609. The van der Waals surface area contributed by atoms with Crippen LogP contribution in [0.15, 0.2) is 12.1 Å². The van der Waals surface area contributed by atoms with Crippen LogP contribution < -0.4 is 5.32 Å². The summed E-state index contributed by atoms with van der Waals surface area (Å²) < 4.78 is 7.06. The first-order chi connectivity index (χ1) is 14.6. The average Bonchev–Trinajstić information content (AvgIpc) is 2.70. The van der Waals surface area contributed by atoms with Gasteiger partial charge in [-0.3, -0.25) is 9.80 Å². The molecule has 1 heterocycles. The second-order valence-electron chi connectivity index (χ2n) is 8.65. The molecule has 1 aromatic rings. The number of aromatic hydroxyl groups is 1. The van der Waals surface area contributed by atoms with Crippen molar-refractivity contribution in [1.82, 2.24) is 15.1 Å². The van der Waals surface area contributed by atoms with Gasteiger partial charge in [0, 0.05) is 23.7 Å². The van der Waals surface area contributed by atoms with Gasteiger partial charge in [-0.05, 0) is 88.0 Å². The van der Waals surface area contributed by atoms with E-state index in [1.165, 1.54) is 0 Å². The number of nitrogens with one attached hydrogen (secondary N) is 1. The second-order valence-corrected chi connectivity index (χ2v) is 10.5. The first-order valence-corrected chi connectivity index (χ1v) is 13.2. The smallest absolute Gasteiger partial charge is 0.408 e. The first kappa shape index (κ1) is 26.5. The van der Waals surface area contributed by atoms with E-state index in [9.17, 15) is 9.90 Å². The van der Waals surface area contributed by atoms with Gasteiger partial charge >= 0.3 is 6.09 Å². The second kappa shape index (κ2) is 12.5. The van der Waals surface area contributed by atoms with Crippen molar-refractivity contribution in [2.24, 2.45) is 0 Å². The summed E-state index contributed by atoms with van der Waals surface area (Å²) in [6.45, 7) is 11.8. The minimum absolute atomic E-state index is 0.208. The summed E-state index contributed by atoms with van der Waals surface area (Å²) in [6.07, 6.45) is 1.84. The lowest BCUT2D eigenvalue weighted by atomic mass is 10.0. The summed E-state index contributed by atoms with van der Waals surface area (Å²) in [6, 6.07) is 4.47. The molecule has 1 fully saturated rings. The molecule has 0 saturated carbocycles. The Morgan fingerprint density at radius 1 is 1.35 bits per heavy atom. The van der Waals surface area contributed by atoms with Crippen molar-refractivity contribution in [2.45, 2.75) is 58.7 Å². The van der Waals surface area contributed by atoms with E-state index in [1.54, 1.807) is 0 Å². The molecule has 172 valence electrons. The Labute approximate surface area is 213 Å². The predicted octanol–water partition coefficient (Wildman–Crippen LogP) is 4.55. The summed E-state index contributed by atoms with van der Waals surface area (Å²) in [7, 11) is 0. The van der Waals surface area contributed by atoms with Gasteiger partial charge < -0.3 is 15.2 Å². The third kappa shape index (κ3) is 8.94. The number of phenols is 1. The SMILES string of the molecule is CCN(CI)C1CCN(Cc2cc(C#CCNC(=O)OC(C)(C)C)cc(I)c2O)CC1. The Hall–Kier alpha value is -0.770. The third-order valence-corrected chi connectivity index (χ3v) is 6.82. The highest BCUT2D eigenvalue weighted by molar-refractivity contribution is 14.1. The number of amides is 1. The van der Waals surface area contributed by atoms with Crippen LogP contribution in [-0.4, -0.2) is 63.4 Å². The first-order valence-electron chi connectivity index (χ1n) is 10.6. The van der Waals surface area contributed by atoms with Crippen molar-refractivity contribution in [3.63, 3.8) is 0 Å². The lowest BCUT2D eigenvalue weighted by Gasteiger charge is -2.37. The Morgan fingerprint density at radius 2 is 2.03 bits per heavy atom. The van der Waals surface area contributed by atoms with Gasteiger partial charge in [0.05, 0.1) is 14.7 Å². The van der Waals surface area contributed by atoms with E-state index in [0.29, 0.717) is 11.8 Å². The normalized spacial score (nSPS) is 15.5. The Kier molecular flexibility index (Phi) is 10.6. The molecule has 0 aromatic heterocycles. The van der Waals surface area contributed by atoms with E-state index in [4.69, 9.17) is 4.74 Å². The van der Waals surface area contributed by atoms with Crippen molar-refractivity contribution in [3.05, 3.63) is 26.8 Å². The van der Waals surface area contributed by atoms with Crippen molar-refractivity contribution in [3.8, 4) is 17.6 Å². The topological polar surface area (TPSA) is 65.0 Å². The molecule has 0 atom stereocenters.